The maximum Gasteiger partial charge on any atom is 0.332 e. The number of aryl methyl sites for hydroxylation is 1. The molecule has 2 saturated heterocycles. The van der Waals surface area contributed by atoms with Crippen molar-refractivity contribution in [3.63, 3.8) is 0 Å². The lowest BCUT2D eigenvalue weighted by molar-refractivity contribution is -0.0927. The number of nitrogens with zero attached hydrogens (tertiary/aromatic N) is 8. The van der Waals surface area contributed by atoms with E-state index < -0.39 is 64.3 Å². The highest BCUT2D eigenvalue weighted by Gasteiger charge is 2.46. The average molecular weight is 1200 g/mol. The zero-order valence-electron chi connectivity index (χ0n) is 50.9. The van der Waals surface area contributed by atoms with Gasteiger partial charge in [-0.25, -0.2) is 18.9 Å². The molecule has 2 fully saturated rings. The van der Waals surface area contributed by atoms with Crippen molar-refractivity contribution < 1.29 is 41.8 Å². The van der Waals surface area contributed by atoms with Gasteiger partial charge >= 0.3 is 11.4 Å². The lowest BCUT2D eigenvalue weighted by Gasteiger charge is -2.39. The molecule has 2 aliphatic rings. The highest BCUT2D eigenvalue weighted by atomic mass is 31.2. The highest BCUT2D eigenvalue weighted by molar-refractivity contribution is 7.44. The second-order valence-corrected chi connectivity index (χ2v) is 24.4. The third kappa shape index (κ3) is 16.1. The van der Waals surface area contributed by atoms with E-state index in [1.165, 1.54) is 35.5 Å². The molecule has 0 spiro atoms. The third-order valence-electron chi connectivity index (χ3n) is 14.5. The monoisotopic (exact) mass is 1200 g/mol. The standard InChI is InChI=1S/C40H49N4O8P.C21H35N4O5P/c1-28(2)44(29(3)4)53(50-25-11-23-41)52-35-26-38(43-24-22-37(45)42(5)39(43)46)51-36(35)27-49-40(30-12-9-8-10-13-30,31-14-18-33(47-6)19-15-31)32-16-20-34(48-7)21-17-32;1-8-17-18(30-31(28-11-9-10-22)25(14(2)3)15(4)5)12-19(29-17)24-13-16(6)20(26)23(7)21(24)27/h8-10,12-22,24,28-29,35-36,38H,11,25-27H2,1-7H3;13-15,17-19H,8-9,11-12H2,1-7H3/t35?,36-,38-,53?;17-,18?,19-,31?/m11/s1. The fourth-order valence-electron chi connectivity index (χ4n) is 10.4. The first-order valence-electron chi connectivity index (χ1n) is 28.5. The van der Waals surface area contributed by atoms with Crippen LogP contribution in [0.4, 0.5) is 0 Å². The van der Waals surface area contributed by atoms with Crippen molar-refractivity contribution >= 4 is 17.1 Å². The number of rotatable bonds is 27. The zero-order valence-corrected chi connectivity index (χ0v) is 52.7. The molecule has 8 atom stereocenters. The van der Waals surface area contributed by atoms with E-state index in [1.807, 2.05) is 85.8 Å². The van der Waals surface area contributed by atoms with E-state index in [2.05, 4.69) is 76.9 Å². The van der Waals surface area contributed by atoms with E-state index in [9.17, 15) is 24.4 Å². The number of nitriles is 2. The fourth-order valence-corrected chi connectivity index (χ4v) is 14.0. The minimum absolute atomic E-state index is 0.0410. The molecule has 7 rings (SSSR count). The van der Waals surface area contributed by atoms with Gasteiger partial charge < -0.3 is 41.8 Å². The predicted molar refractivity (Wildman–Crippen MR) is 322 cm³/mol. The summed E-state index contributed by atoms with van der Waals surface area (Å²) >= 11 is 0. The summed E-state index contributed by atoms with van der Waals surface area (Å²) < 4.78 is 66.1. The summed E-state index contributed by atoms with van der Waals surface area (Å²) in [6.07, 6.45) is 1.94. The van der Waals surface area contributed by atoms with Crippen molar-refractivity contribution in [1.29, 1.82) is 10.5 Å². The van der Waals surface area contributed by atoms with Gasteiger partial charge in [-0.05, 0) is 110 Å². The van der Waals surface area contributed by atoms with Crippen molar-refractivity contribution in [3.05, 3.63) is 161 Å². The Hall–Kier alpha value is -5.90. The molecule has 0 amide bonds. The fraction of sp³-hybridized carbons (Fsp3) is 0.541. The van der Waals surface area contributed by atoms with Gasteiger partial charge in [0.15, 0.2) is 0 Å². The second-order valence-electron chi connectivity index (χ2n) is 21.6. The van der Waals surface area contributed by atoms with E-state index in [0.717, 1.165) is 25.8 Å². The number of benzene rings is 3. The molecule has 0 radical (unpaired) electrons. The van der Waals surface area contributed by atoms with Crippen molar-refractivity contribution in [2.24, 2.45) is 14.1 Å². The largest absolute Gasteiger partial charge is 0.497 e. The minimum atomic E-state index is -1.66. The number of aromatic nitrogens is 4. The van der Waals surface area contributed by atoms with Crippen molar-refractivity contribution in [3.8, 4) is 23.6 Å². The van der Waals surface area contributed by atoms with Crippen molar-refractivity contribution in [2.45, 2.75) is 168 Å². The van der Waals surface area contributed by atoms with E-state index in [-0.39, 0.29) is 68.0 Å². The summed E-state index contributed by atoms with van der Waals surface area (Å²) in [4.78, 5) is 50.4. The molecule has 0 bridgehead atoms. The molecule has 4 heterocycles. The van der Waals surface area contributed by atoms with Crippen LogP contribution in [0.2, 0.25) is 0 Å². The number of hydrogen-bond donors (Lipinski definition) is 0. The molecular formula is C61H84N8O13P2. The Kier molecular flexibility index (Phi) is 25.2. The van der Waals surface area contributed by atoms with Gasteiger partial charge in [0.25, 0.3) is 28.2 Å². The summed E-state index contributed by atoms with van der Waals surface area (Å²) in [5.74, 6) is 1.40. The molecule has 3 aromatic carbocycles. The topological polar surface area (TPSA) is 225 Å². The maximum atomic E-state index is 13.3. The zero-order chi connectivity index (χ0) is 61.4. The molecule has 0 aliphatic carbocycles. The van der Waals surface area contributed by atoms with Crippen molar-refractivity contribution in [1.82, 2.24) is 27.6 Å². The Labute approximate surface area is 496 Å². The van der Waals surface area contributed by atoms with E-state index in [4.69, 9.17) is 47.0 Å². The quantitative estimate of drug-likeness (QED) is 0.0271. The van der Waals surface area contributed by atoms with Gasteiger partial charge in [-0.15, -0.1) is 0 Å². The first-order valence-corrected chi connectivity index (χ1v) is 30.8. The Balaban J connectivity index is 0.000000311. The average Bonchev–Trinajstić information content (AvgIpc) is 1.36. The van der Waals surface area contributed by atoms with Gasteiger partial charge in [-0.1, -0.05) is 61.5 Å². The smallest absolute Gasteiger partial charge is 0.332 e. The first kappa shape index (κ1) is 67.2. The molecule has 84 heavy (non-hydrogen) atoms. The van der Waals surface area contributed by atoms with Gasteiger partial charge in [0.2, 0.25) is 0 Å². The van der Waals surface area contributed by atoms with Crippen LogP contribution in [-0.2, 0) is 52.0 Å². The maximum absolute atomic E-state index is 13.3. The van der Waals surface area contributed by atoms with Gasteiger partial charge in [0, 0.05) is 75.1 Å². The normalized spacial score (nSPS) is 19.6. The van der Waals surface area contributed by atoms with Crippen LogP contribution in [0.1, 0.15) is 129 Å². The lowest BCUT2D eigenvalue weighted by Crippen LogP contribution is -2.40. The van der Waals surface area contributed by atoms with Gasteiger partial charge in [0.05, 0.1) is 77.3 Å². The SMILES string of the molecule is CC[C@H]1O[C@@H](n2cc(C)c(=O)n(C)c2=O)CC1OP(OCCC#N)N(C(C)C)C(C)C.COc1ccc(C(OC[C@H]2O[C@@H](n3ccc(=O)n(C)c3=O)CC2OP(OCCC#N)N(C(C)C)C(C)C)(c2ccccc2)c2ccc(OC)cc2)cc1. The molecule has 4 unspecified atom stereocenters. The Bertz CT molecular complexity index is 3150. The van der Waals surface area contributed by atoms with Crippen LogP contribution in [0, 0.1) is 29.6 Å². The number of ether oxygens (including phenoxy) is 5. The summed E-state index contributed by atoms with van der Waals surface area (Å²) in [7, 11) is 3.09. The molecule has 21 nitrogen and oxygen atoms in total. The van der Waals surface area contributed by atoms with Crippen LogP contribution >= 0.6 is 17.1 Å². The summed E-state index contributed by atoms with van der Waals surface area (Å²) in [5, 5.41) is 18.2. The minimum Gasteiger partial charge on any atom is -0.497 e. The summed E-state index contributed by atoms with van der Waals surface area (Å²) in [6.45, 7) is 20.9. The van der Waals surface area contributed by atoms with Gasteiger partial charge in [-0.2, -0.15) is 10.5 Å². The number of methoxy groups -OCH3 is 2. The lowest BCUT2D eigenvalue weighted by atomic mass is 9.80. The summed E-state index contributed by atoms with van der Waals surface area (Å²) in [5.41, 5.74) is 0.301. The Morgan fingerprint density at radius 2 is 1.07 bits per heavy atom. The molecule has 5 aromatic rings. The first-order chi connectivity index (χ1) is 40.1. The van der Waals surface area contributed by atoms with E-state index >= 15 is 0 Å². The van der Waals surface area contributed by atoms with Crippen molar-refractivity contribution in [2.75, 3.05) is 34.0 Å². The molecule has 0 N–H and O–H groups in total. The predicted octanol–water partition coefficient (Wildman–Crippen LogP) is 9.74. The third-order valence-corrected chi connectivity index (χ3v) is 18.8. The Morgan fingerprint density at radius 3 is 1.52 bits per heavy atom. The second kappa shape index (κ2) is 31.5. The molecule has 23 heteroatoms. The molecular weight excluding hydrogens is 1110 g/mol. The van der Waals surface area contributed by atoms with Crippen LogP contribution in [0.3, 0.4) is 0 Å². The molecule has 456 valence electrons. The molecule has 2 aliphatic heterocycles. The Morgan fingerprint density at radius 1 is 0.631 bits per heavy atom. The van der Waals surface area contributed by atoms with E-state index in [1.54, 1.807) is 27.3 Å². The van der Waals surface area contributed by atoms with Crippen LogP contribution < -0.4 is 32.0 Å². The van der Waals surface area contributed by atoms with Crippen LogP contribution in [0.25, 0.3) is 0 Å². The van der Waals surface area contributed by atoms with Crippen LogP contribution in [-0.4, -0.2) is 110 Å². The summed E-state index contributed by atoms with van der Waals surface area (Å²) in [6, 6.07) is 31.6. The van der Waals surface area contributed by atoms with Crippen LogP contribution in [0.5, 0.6) is 11.5 Å². The number of hydrogen-bond acceptors (Lipinski definition) is 17. The van der Waals surface area contributed by atoms with Gasteiger partial charge in [0.1, 0.15) is 35.7 Å². The van der Waals surface area contributed by atoms with Crippen LogP contribution in [0.15, 0.2) is 117 Å². The van der Waals surface area contributed by atoms with Gasteiger partial charge in [-0.3, -0.25) is 27.9 Å². The molecule has 2 aromatic heterocycles. The van der Waals surface area contributed by atoms with E-state index in [0.29, 0.717) is 42.9 Å². The molecule has 0 saturated carbocycles. The highest BCUT2D eigenvalue weighted by Crippen LogP contribution is 2.52.